The highest BCUT2D eigenvalue weighted by Gasteiger charge is 2.43. The number of methoxy groups -OCH3 is 1. The van der Waals surface area contributed by atoms with Crippen molar-refractivity contribution in [3.8, 4) is 17.0 Å². The molecule has 4 aromatic rings. The predicted molar refractivity (Wildman–Crippen MR) is 128 cm³/mol. The second-order valence-electron chi connectivity index (χ2n) is 7.20. The lowest BCUT2D eigenvalue weighted by molar-refractivity contribution is 0.0989. The topological polar surface area (TPSA) is 58.2 Å². The van der Waals surface area contributed by atoms with E-state index < -0.39 is 0 Å². The van der Waals surface area contributed by atoms with Crippen LogP contribution in [0.25, 0.3) is 11.3 Å². The van der Waals surface area contributed by atoms with Crippen LogP contribution in [0.3, 0.4) is 0 Å². The van der Waals surface area contributed by atoms with E-state index in [0.29, 0.717) is 5.69 Å². The molecular formula is C24H17Br2N3O2. The fourth-order valence-electron chi connectivity index (χ4n) is 3.98. The van der Waals surface area contributed by atoms with Gasteiger partial charge in [-0.3, -0.25) is 14.8 Å². The van der Waals surface area contributed by atoms with Gasteiger partial charge in [0.15, 0.2) is 0 Å². The molecule has 1 amide bonds. The summed E-state index contributed by atoms with van der Waals surface area (Å²) < 4.78 is 7.20. The Hall–Kier alpha value is -2.90. The summed E-state index contributed by atoms with van der Waals surface area (Å²) in [6, 6.07) is 23.2. The van der Waals surface area contributed by atoms with Gasteiger partial charge >= 0.3 is 0 Å². The number of carbonyl (C=O) groups excluding carboxylic acids is 1. The minimum Gasteiger partial charge on any atom is -0.497 e. The second-order valence-corrected chi connectivity index (χ2v) is 9.03. The first kappa shape index (κ1) is 20.0. The second kappa shape index (κ2) is 7.98. The molecule has 7 heteroatoms. The molecule has 0 bridgehead atoms. The molecule has 3 aromatic carbocycles. The van der Waals surface area contributed by atoms with Crippen molar-refractivity contribution >= 4 is 43.5 Å². The van der Waals surface area contributed by atoms with E-state index in [2.05, 4.69) is 42.1 Å². The smallest absolute Gasteiger partial charge is 0.277 e. The van der Waals surface area contributed by atoms with E-state index in [1.807, 2.05) is 77.7 Å². The molecule has 0 saturated heterocycles. The maximum atomic E-state index is 13.5. The van der Waals surface area contributed by atoms with Crippen LogP contribution < -0.4 is 9.64 Å². The lowest BCUT2D eigenvalue weighted by Gasteiger charge is -2.26. The van der Waals surface area contributed by atoms with Gasteiger partial charge in [-0.15, -0.1) is 0 Å². The number of fused-ring (bicyclic) bond motifs is 1. The van der Waals surface area contributed by atoms with Crippen LogP contribution in [-0.2, 0) is 0 Å². The van der Waals surface area contributed by atoms with E-state index in [1.54, 1.807) is 7.11 Å². The van der Waals surface area contributed by atoms with Gasteiger partial charge in [-0.1, -0.05) is 44.0 Å². The van der Waals surface area contributed by atoms with E-state index in [-0.39, 0.29) is 11.9 Å². The van der Waals surface area contributed by atoms with Crippen LogP contribution in [0, 0.1) is 0 Å². The molecule has 5 rings (SSSR count). The van der Waals surface area contributed by atoms with Gasteiger partial charge in [0.2, 0.25) is 0 Å². The Morgan fingerprint density at radius 3 is 2.39 bits per heavy atom. The highest BCUT2D eigenvalue weighted by molar-refractivity contribution is 9.10. The van der Waals surface area contributed by atoms with E-state index in [9.17, 15) is 4.79 Å². The van der Waals surface area contributed by atoms with Crippen molar-refractivity contribution in [2.45, 2.75) is 6.04 Å². The molecule has 0 aliphatic carbocycles. The number of rotatable bonds is 4. The molecule has 1 N–H and O–H groups in total. The molecule has 0 radical (unpaired) electrons. The third-order valence-electron chi connectivity index (χ3n) is 5.40. The van der Waals surface area contributed by atoms with Gasteiger partial charge in [-0.05, 0) is 66.2 Å². The first-order valence-corrected chi connectivity index (χ1v) is 11.2. The van der Waals surface area contributed by atoms with Gasteiger partial charge in [0.25, 0.3) is 5.91 Å². The molecule has 0 unspecified atom stereocenters. The van der Waals surface area contributed by atoms with Gasteiger partial charge < -0.3 is 4.74 Å². The van der Waals surface area contributed by atoms with E-state index in [1.165, 1.54) is 0 Å². The van der Waals surface area contributed by atoms with Crippen molar-refractivity contribution in [1.82, 2.24) is 10.2 Å². The van der Waals surface area contributed by atoms with Crippen LogP contribution in [0.5, 0.6) is 5.75 Å². The van der Waals surface area contributed by atoms with E-state index >= 15 is 0 Å². The van der Waals surface area contributed by atoms with Gasteiger partial charge in [0, 0.05) is 25.8 Å². The number of H-pyrrole nitrogens is 1. The monoisotopic (exact) mass is 537 g/mol. The predicted octanol–water partition coefficient (Wildman–Crippen LogP) is 6.36. The summed E-state index contributed by atoms with van der Waals surface area (Å²) in [5.74, 6) is 0.668. The lowest BCUT2D eigenvalue weighted by atomic mass is 9.96. The van der Waals surface area contributed by atoms with Gasteiger partial charge in [0.1, 0.15) is 11.4 Å². The zero-order valence-corrected chi connectivity index (χ0v) is 19.6. The Morgan fingerprint density at radius 1 is 0.968 bits per heavy atom. The van der Waals surface area contributed by atoms with Crippen LogP contribution in [0.2, 0.25) is 0 Å². The maximum absolute atomic E-state index is 13.5. The summed E-state index contributed by atoms with van der Waals surface area (Å²) in [5.41, 5.74) is 4.89. The molecule has 2 heterocycles. The number of amides is 1. The molecule has 0 spiro atoms. The number of halogens is 2. The van der Waals surface area contributed by atoms with Crippen molar-refractivity contribution in [3.63, 3.8) is 0 Å². The summed E-state index contributed by atoms with van der Waals surface area (Å²) in [4.78, 5) is 15.3. The Balaban J connectivity index is 1.70. The number of anilines is 1. The molecule has 5 nitrogen and oxygen atoms in total. The highest BCUT2D eigenvalue weighted by Crippen LogP contribution is 2.45. The van der Waals surface area contributed by atoms with Gasteiger partial charge in [-0.25, -0.2) is 0 Å². The Kier molecular flexibility index (Phi) is 5.16. The first-order chi connectivity index (χ1) is 15.1. The third-order valence-corrected chi connectivity index (χ3v) is 6.42. The van der Waals surface area contributed by atoms with E-state index in [4.69, 9.17) is 4.74 Å². The zero-order valence-electron chi connectivity index (χ0n) is 16.5. The average molecular weight is 539 g/mol. The van der Waals surface area contributed by atoms with Crippen molar-refractivity contribution in [3.05, 3.63) is 98.6 Å². The highest BCUT2D eigenvalue weighted by atomic mass is 79.9. The van der Waals surface area contributed by atoms with Crippen LogP contribution in [0.1, 0.15) is 27.7 Å². The molecule has 0 fully saturated rings. The largest absolute Gasteiger partial charge is 0.497 e. The maximum Gasteiger partial charge on any atom is 0.277 e. The van der Waals surface area contributed by atoms with Crippen LogP contribution >= 0.6 is 31.9 Å². The van der Waals surface area contributed by atoms with Gasteiger partial charge in [0.05, 0.1) is 18.8 Å². The summed E-state index contributed by atoms with van der Waals surface area (Å²) in [7, 11) is 1.64. The van der Waals surface area contributed by atoms with Crippen LogP contribution in [0.4, 0.5) is 5.69 Å². The quantitative estimate of drug-likeness (QED) is 0.329. The molecule has 154 valence electrons. The molecular weight excluding hydrogens is 522 g/mol. The normalized spacial score (nSPS) is 15.3. The number of carbonyl (C=O) groups is 1. The Bertz CT molecular complexity index is 1270. The summed E-state index contributed by atoms with van der Waals surface area (Å²) in [6.07, 6.45) is 0. The number of aromatic amines is 1. The number of hydrogen-bond acceptors (Lipinski definition) is 3. The fraction of sp³-hybridized carbons (Fsp3) is 0.0833. The Morgan fingerprint density at radius 2 is 1.71 bits per heavy atom. The average Bonchev–Trinajstić information content (AvgIpc) is 3.33. The number of hydrogen-bond donors (Lipinski definition) is 1. The number of ether oxygens (including phenoxy) is 1. The molecule has 1 aliphatic rings. The first-order valence-electron chi connectivity index (χ1n) is 9.64. The molecule has 1 aromatic heterocycles. The van der Waals surface area contributed by atoms with Crippen molar-refractivity contribution in [2.75, 3.05) is 12.0 Å². The number of nitrogens with zero attached hydrogens (tertiary/aromatic N) is 2. The number of aromatic nitrogens is 2. The Labute approximate surface area is 196 Å². The van der Waals surface area contributed by atoms with Crippen LogP contribution in [0.15, 0.2) is 81.7 Å². The molecule has 1 aliphatic heterocycles. The van der Waals surface area contributed by atoms with Crippen molar-refractivity contribution in [1.29, 1.82) is 0 Å². The molecule has 31 heavy (non-hydrogen) atoms. The van der Waals surface area contributed by atoms with Gasteiger partial charge in [-0.2, -0.15) is 5.10 Å². The lowest BCUT2D eigenvalue weighted by Crippen LogP contribution is -2.29. The molecule has 0 saturated carbocycles. The summed E-state index contributed by atoms with van der Waals surface area (Å²) >= 11 is 7.05. The van der Waals surface area contributed by atoms with Crippen molar-refractivity contribution in [2.24, 2.45) is 0 Å². The number of nitrogens with one attached hydrogen (secondary N) is 1. The summed E-state index contributed by atoms with van der Waals surface area (Å²) in [5, 5.41) is 7.52. The SMILES string of the molecule is COc1ccc(-c2n[nH]c3c2[C@H](c2cccc(Br)c2)N(c2ccc(Br)cc2)C3=O)cc1. The van der Waals surface area contributed by atoms with Crippen molar-refractivity contribution < 1.29 is 9.53 Å². The van der Waals surface area contributed by atoms with Crippen LogP contribution in [-0.4, -0.2) is 23.2 Å². The minimum atomic E-state index is -0.308. The minimum absolute atomic E-state index is 0.102. The third kappa shape index (κ3) is 3.47. The summed E-state index contributed by atoms with van der Waals surface area (Å²) in [6.45, 7) is 0. The zero-order chi connectivity index (χ0) is 21.5. The fourth-order valence-corrected chi connectivity index (χ4v) is 4.66. The standard InChI is InChI=1S/C24H17Br2N3O2/c1-31-19-11-5-14(6-12-19)21-20-22(28-27-21)24(30)29(18-9-7-16(25)8-10-18)23(20)15-3-2-4-17(26)13-15/h2-13,23H,1H3,(H,27,28)/t23-/m0/s1. The molecule has 1 atom stereocenters. The number of benzene rings is 3. The van der Waals surface area contributed by atoms with E-state index in [0.717, 1.165) is 42.8 Å².